The maximum absolute atomic E-state index is 12.1. The molecule has 1 heterocycles. The lowest BCUT2D eigenvalue weighted by atomic mass is 9.99. The minimum Gasteiger partial charge on any atom is -0.480 e. The third kappa shape index (κ3) is 2.57. The first-order valence-electron chi connectivity index (χ1n) is 5.62. The van der Waals surface area contributed by atoms with Crippen molar-refractivity contribution in [3.05, 3.63) is 0 Å². The summed E-state index contributed by atoms with van der Waals surface area (Å²) >= 11 is 0. The van der Waals surface area contributed by atoms with E-state index < -0.39 is 17.4 Å². The van der Waals surface area contributed by atoms with E-state index in [9.17, 15) is 14.4 Å². The van der Waals surface area contributed by atoms with Crippen LogP contribution in [0.4, 0.5) is 0 Å². The fraction of sp³-hybridized carbons (Fsp3) is 0.727. The molecule has 1 atom stereocenters. The van der Waals surface area contributed by atoms with Gasteiger partial charge in [-0.2, -0.15) is 0 Å². The van der Waals surface area contributed by atoms with Crippen molar-refractivity contribution in [3.63, 3.8) is 0 Å². The number of rotatable bonds is 4. The Morgan fingerprint density at radius 1 is 1.53 bits per heavy atom. The van der Waals surface area contributed by atoms with Crippen LogP contribution in [0.25, 0.3) is 0 Å². The fourth-order valence-electron chi connectivity index (χ4n) is 1.94. The van der Waals surface area contributed by atoms with Gasteiger partial charge in [-0.25, -0.2) is 4.79 Å². The van der Waals surface area contributed by atoms with Gasteiger partial charge in [-0.1, -0.05) is 0 Å². The fourth-order valence-corrected chi connectivity index (χ4v) is 1.94. The molecule has 2 amide bonds. The standard InChI is InChI=1S/C11H18N2O4/c1-4-13(11(2,3)10(16)17)9(15)7-5-8(14)12-6-7/h7H,4-6H2,1-3H3,(H,12,14)(H,16,17). The summed E-state index contributed by atoms with van der Waals surface area (Å²) in [4.78, 5) is 35.6. The van der Waals surface area contributed by atoms with Crippen molar-refractivity contribution in [3.8, 4) is 0 Å². The number of likely N-dealkylation sites (N-methyl/N-ethyl adjacent to an activating group) is 1. The molecule has 6 heteroatoms. The number of nitrogens with one attached hydrogen (secondary N) is 1. The first-order chi connectivity index (χ1) is 7.80. The molecular formula is C11H18N2O4. The van der Waals surface area contributed by atoms with Crippen LogP contribution in [0.5, 0.6) is 0 Å². The first kappa shape index (κ1) is 13.5. The highest BCUT2D eigenvalue weighted by atomic mass is 16.4. The number of hydrogen-bond donors (Lipinski definition) is 2. The van der Waals surface area contributed by atoms with E-state index in [0.717, 1.165) is 0 Å². The number of carboxylic acid groups (broad SMARTS) is 1. The second-order valence-corrected chi connectivity index (χ2v) is 4.65. The van der Waals surface area contributed by atoms with Gasteiger partial charge in [0.05, 0.1) is 5.92 Å². The number of carboxylic acids is 1. The van der Waals surface area contributed by atoms with Crippen LogP contribution in [0.1, 0.15) is 27.2 Å². The van der Waals surface area contributed by atoms with E-state index in [2.05, 4.69) is 5.32 Å². The van der Waals surface area contributed by atoms with Crippen LogP contribution in [0.2, 0.25) is 0 Å². The minimum absolute atomic E-state index is 0.144. The molecule has 96 valence electrons. The van der Waals surface area contributed by atoms with Crippen LogP contribution in [0.15, 0.2) is 0 Å². The highest BCUT2D eigenvalue weighted by Crippen LogP contribution is 2.20. The summed E-state index contributed by atoms with van der Waals surface area (Å²) in [6, 6.07) is 0. The predicted molar refractivity (Wildman–Crippen MR) is 60.2 cm³/mol. The smallest absolute Gasteiger partial charge is 0.329 e. The number of amides is 2. The topological polar surface area (TPSA) is 86.7 Å². The molecule has 2 N–H and O–H groups in total. The van der Waals surface area contributed by atoms with Gasteiger partial charge < -0.3 is 15.3 Å². The summed E-state index contributed by atoms with van der Waals surface area (Å²) in [5.74, 6) is -1.93. The number of aliphatic carboxylic acids is 1. The second kappa shape index (κ2) is 4.73. The largest absolute Gasteiger partial charge is 0.480 e. The molecule has 0 aliphatic carbocycles. The van der Waals surface area contributed by atoms with Crippen LogP contribution in [-0.2, 0) is 14.4 Å². The molecule has 1 unspecified atom stereocenters. The minimum atomic E-state index is -1.25. The van der Waals surface area contributed by atoms with Gasteiger partial charge in [-0.05, 0) is 20.8 Å². The van der Waals surface area contributed by atoms with Crippen LogP contribution < -0.4 is 5.32 Å². The van der Waals surface area contributed by atoms with E-state index in [1.54, 1.807) is 6.92 Å². The van der Waals surface area contributed by atoms with Gasteiger partial charge in [0.2, 0.25) is 11.8 Å². The van der Waals surface area contributed by atoms with Crippen molar-refractivity contribution in [1.82, 2.24) is 10.2 Å². The first-order valence-corrected chi connectivity index (χ1v) is 5.62. The van der Waals surface area contributed by atoms with Gasteiger partial charge in [0.15, 0.2) is 0 Å². The summed E-state index contributed by atoms with van der Waals surface area (Å²) in [6.45, 7) is 5.31. The number of carbonyl (C=O) groups excluding carboxylic acids is 2. The van der Waals surface area contributed by atoms with Crippen molar-refractivity contribution in [2.24, 2.45) is 5.92 Å². The maximum atomic E-state index is 12.1. The average Bonchev–Trinajstić information content (AvgIpc) is 2.65. The molecular weight excluding hydrogens is 224 g/mol. The Kier molecular flexibility index (Phi) is 3.75. The van der Waals surface area contributed by atoms with Crippen molar-refractivity contribution < 1.29 is 19.5 Å². The second-order valence-electron chi connectivity index (χ2n) is 4.65. The van der Waals surface area contributed by atoms with Crippen LogP contribution in [0, 0.1) is 5.92 Å². The molecule has 1 aliphatic rings. The van der Waals surface area contributed by atoms with Gasteiger partial charge in [0.25, 0.3) is 0 Å². The zero-order valence-corrected chi connectivity index (χ0v) is 10.3. The molecule has 1 saturated heterocycles. The molecule has 1 aliphatic heterocycles. The Morgan fingerprint density at radius 2 is 2.12 bits per heavy atom. The van der Waals surface area contributed by atoms with Crippen molar-refractivity contribution in [2.45, 2.75) is 32.7 Å². The summed E-state index contributed by atoms with van der Waals surface area (Å²) in [5.41, 5.74) is -1.25. The number of carbonyl (C=O) groups is 3. The van der Waals surface area contributed by atoms with Crippen LogP contribution in [-0.4, -0.2) is 46.4 Å². The summed E-state index contributed by atoms with van der Waals surface area (Å²) in [7, 11) is 0. The average molecular weight is 242 g/mol. The van der Waals surface area contributed by atoms with Gasteiger partial charge in [0.1, 0.15) is 5.54 Å². The Morgan fingerprint density at radius 3 is 2.47 bits per heavy atom. The number of hydrogen-bond acceptors (Lipinski definition) is 3. The highest BCUT2D eigenvalue weighted by Gasteiger charge is 2.41. The zero-order valence-electron chi connectivity index (χ0n) is 10.3. The molecule has 0 radical (unpaired) electrons. The Labute approximate surface area is 100.0 Å². The molecule has 6 nitrogen and oxygen atoms in total. The molecule has 0 bridgehead atoms. The van der Waals surface area contributed by atoms with Crippen molar-refractivity contribution in [1.29, 1.82) is 0 Å². The molecule has 0 saturated carbocycles. The zero-order chi connectivity index (χ0) is 13.2. The Hall–Kier alpha value is -1.59. The highest BCUT2D eigenvalue weighted by molar-refractivity contribution is 5.92. The molecule has 0 spiro atoms. The Bertz CT molecular complexity index is 351. The van der Waals surface area contributed by atoms with Gasteiger partial charge in [-0.15, -0.1) is 0 Å². The summed E-state index contributed by atoms with van der Waals surface area (Å²) in [5, 5.41) is 11.7. The van der Waals surface area contributed by atoms with Crippen LogP contribution in [0.3, 0.4) is 0 Å². The van der Waals surface area contributed by atoms with Crippen molar-refractivity contribution >= 4 is 17.8 Å². The molecule has 1 rings (SSSR count). The normalized spacial score (nSPS) is 19.9. The van der Waals surface area contributed by atoms with Gasteiger partial charge >= 0.3 is 5.97 Å². The van der Waals surface area contributed by atoms with Crippen LogP contribution >= 0.6 is 0 Å². The molecule has 17 heavy (non-hydrogen) atoms. The Balaban J connectivity index is 2.84. The van der Waals surface area contributed by atoms with E-state index >= 15 is 0 Å². The lowest BCUT2D eigenvalue weighted by molar-refractivity contribution is -0.158. The lowest BCUT2D eigenvalue weighted by Gasteiger charge is -2.35. The van der Waals surface area contributed by atoms with Gasteiger partial charge in [0, 0.05) is 19.5 Å². The monoisotopic (exact) mass is 242 g/mol. The summed E-state index contributed by atoms with van der Waals surface area (Å²) < 4.78 is 0. The van der Waals surface area contributed by atoms with Gasteiger partial charge in [-0.3, -0.25) is 9.59 Å². The quantitative estimate of drug-likeness (QED) is 0.717. The van der Waals surface area contributed by atoms with E-state index in [1.165, 1.54) is 18.7 Å². The SMILES string of the molecule is CCN(C(=O)C1CNC(=O)C1)C(C)(C)C(=O)O. The maximum Gasteiger partial charge on any atom is 0.329 e. The van der Waals surface area contributed by atoms with E-state index in [0.29, 0.717) is 13.1 Å². The lowest BCUT2D eigenvalue weighted by Crippen LogP contribution is -2.54. The molecule has 0 aromatic rings. The molecule has 1 fully saturated rings. The van der Waals surface area contributed by atoms with E-state index in [1.807, 2.05) is 0 Å². The third-order valence-electron chi connectivity index (χ3n) is 3.11. The van der Waals surface area contributed by atoms with E-state index in [-0.39, 0.29) is 18.2 Å². The van der Waals surface area contributed by atoms with E-state index in [4.69, 9.17) is 5.11 Å². The molecule has 0 aromatic heterocycles. The summed E-state index contributed by atoms with van der Waals surface area (Å²) in [6.07, 6.45) is 0.144. The predicted octanol–water partition coefficient (Wildman–Crippen LogP) is -0.166. The third-order valence-corrected chi connectivity index (χ3v) is 3.11. The molecule has 0 aromatic carbocycles. The number of nitrogens with zero attached hydrogens (tertiary/aromatic N) is 1. The van der Waals surface area contributed by atoms with Crippen molar-refractivity contribution in [2.75, 3.05) is 13.1 Å².